The van der Waals surface area contributed by atoms with Crippen LogP contribution in [-0.4, -0.2) is 68.0 Å². The molecule has 0 aliphatic carbocycles. The van der Waals surface area contributed by atoms with Gasteiger partial charge < -0.3 is 19.8 Å². The van der Waals surface area contributed by atoms with Crippen molar-refractivity contribution in [2.75, 3.05) is 39.5 Å². The highest BCUT2D eigenvalue weighted by Gasteiger charge is 2.13. The van der Waals surface area contributed by atoms with Gasteiger partial charge in [-0.25, -0.2) is 4.99 Å². The Balaban J connectivity index is 1.94. The first-order chi connectivity index (χ1) is 12.0. The quantitative estimate of drug-likeness (QED) is 0.555. The summed E-state index contributed by atoms with van der Waals surface area (Å²) in [6, 6.07) is 1.88. The monoisotopic (exact) mass is 348 g/mol. The van der Waals surface area contributed by atoms with Gasteiger partial charge in [-0.05, 0) is 33.6 Å². The summed E-state index contributed by atoms with van der Waals surface area (Å²) in [5.74, 6) is 0.324. The summed E-state index contributed by atoms with van der Waals surface area (Å²) in [5.41, 5.74) is 2.27. The smallest absolute Gasteiger partial charge is 0.267 e. The van der Waals surface area contributed by atoms with E-state index < -0.39 is 0 Å². The summed E-state index contributed by atoms with van der Waals surface area (Å²) >= 11 is 0. The van der Waals surface area contributed by atoms with E-state index in [0.29, 0.717) is 18.2 Å². The van der Waals surface area contributed by atoms with Gasteiger partial charge in [-0.1, -0.05) is 0 Å². The molecule has 0 spiro atoms. The minimum absolute atomic E-state index is 0.0871. The first-order valence-electron chi connectivity index (χ1n) is 8.61. The molecule has 1 aromatic heterocycles. The number of ether oxygens (including phenoxy) is 2. The Bertz CT molecular complexity index is 616. The molecule has 2 rings (SSSR count). The third-order valence-corrected chi connectivity index (χ3v) is 3.92. The van der Waals surface area contributed by atoms with Gasteiger partial charge in [0.1, 0.15) is 12.3 Å². The van der Waals surface area contributed by atoms with Crippen molar-refractivity contribution in [1.82, 2.24) is 15.2 Å². The van der Waals surface area contributed by atoms with E-state index in [9.17, 15) is 4.79 Å². The molecular weight excluding hydrogens is 320 g/mol. The lowest BCUT2D eigenvalue weighted by Gasteiger charge is -2.26. The van der Waals surface area contributed by atoms with Gasteiger partial charge in [0, 0.05) is 43.0 Å². The number of nitrogens with zero attached hydrogens (tertiary/aromatic N) is 2. The number of carbonyl (C=O) groups is 1. The van der Waals surface area contributed by atoms with Crippen molar-refractivity contribution in [2.45, 2.75) is 26.8 Å². The van der Waals surface area contributed by atoms with Gasteiger partial charge in [-0.15, -0.1) is 0 Å². The molecule has 7 heteroatoms. The molecule has 0 saturated carbocycles. The summed E-state index contributed by atoms with van der Waals surface area (Å²) in [5, 5.41) is 2.86. The number of H-pyrrole nitrogens is 1. The SMILES string of the molecule is C=N/C(=C\c1cc(C(=O)NC(C)C)[nH]c1C)OCCN1CCOCC1. The average Bonchev–Trinajstić information content (AvgIpc) is 2.95. The van der Waals surface area contributed by atoms with Crippen LogP contribution in [0.4, 0.5) is 0 Å². The largest absolute Gasteiger partial charge is 0.476 e. The molecule has 1 saturated heterocycles. The molecule has 1 aliphatic rings. The van der Waals surface area contributed by atoms with Crippen LogP contribution in [0.25, 0.3) is 6.08 Å². The minimum Gasteiger partial charge on any atom is -0.476 e. The Morgan fingerprint density at radius 3 is 2.88 bits per heavy atom. The topological polar surface area (TPSA) is 79.0 Å². The molecule has 0 aromatic carbocycles. The number of aliphatic imine (C=N–C) groups is 1. The standard InChI is InChI=1S/C18H28N4O3/c1-13(2)20-18(23)16-11-15(14(3)21-16)12-17(19-4)25-10-7-22-5-8-24-9-6-22/h11-13,21H,4-10H2,1-3H3,(H,20,23)/b17-12+. The Hall–Kier alpha value is -2.12. The molecule has 1 amide bonds. The van der Waals surface area contributed by atoms with E-state index in [0.717, 1.165) is 44.1 Å². The fraction of sp³-hybridized carbons (Fsp3) is 0.556. The van der Waals surface area contributed by atoms with Crippen LogP contribution in [0, 0.1) is 6.92 Å². The maximum Gasteiger partial charge on any atom is 0.267 e. The second-order valence-electron chi connectivity index (χ2n) is 6.33. The van der Waals surface area contributed by atoms with Gasteiger partial charge in [0.2, 0.25) is 5.88 Å². The Labute approximate surface area is 149 Å². The number of morpholine rings is 1. The highest BCUT2D eigenvalue weighted by molar-refractivity contribution is 5.93. The normalized spacial score (nSPS) is 16.1. The van der Waals surface area contributed by atoms with Crippen LogP contribution in [0.3, 0.4) is 0 Å². The van der Waals surface area contributed by atoms with Gasteiger partial charge in [0.25, 0.3) is 5.91 Å². The molecule has 2 heterocycles. The predicted molar refractivity (Wildman–Crippen MR) is 98.9 cm³/mol. The van der Waals surface area contributed by atoms with E-state index in [-0.39, 0.29) is 11.9 Å². The molecule has 1 aliphatic heterocycles. The van der Waals surface area contributed by atoms with Crippen molar-refractivity contribution in [3.63, 3.8) is 0 Å². The number of rotatable bonds is 8. The van der Waals surface area contributed by atoms with Crippen molar-refractivity contribution in [1.29, 1.82) is 0 Å². The van der Waals surface area contributed by atoms with Crippen LogP contribution < -0.4 is 5.32 Å². The molecule has 0 unspecified atom stereocenters. The van der Waals surface area contributed by atoms with Gasteiger partial charge >= 0.3 is 0 Å². The molecular formula is C18H28N4O3. The van der Waals surface area contributed by atoms with E-state index in [1.807, 2.05) is 20.8 Å². The molecule has 0 atom stereocenters. The van der Waals surface area contributed by atoms with E-state index >= 15 is 0 Å². The highest BCUT2D eigenvalue weighted by Crippen LogP contribution is 2.16. The zero-order valence-electron chi connectivity index (χ0n) is 15.3. The number of aromatic nitrogens is 1. The molecule has 25 heavy (non-hydrogen) atoms. The first kappa shape index (κ1) is 19.2. The summed E-state index contributed by atoms with van der Waals surface area (Å²) in [4.78, 5) is 21.4. The molecule has 7 nitrogen and oxygen atoms in total. The number of nitrogens with one attached hydrogen (secondary N) is 2. The summed E-state index contributed by atoms with van der Waals surface area (Å²) < 4.78 is 11.0. The van der Waals surface area contributed by atoms with Crippen LogP contribution in [0.2, 0.25) is 0 Å². The van der Waals surface area contributed by atoms with Crippen LogP contribution >= 0.6 is 0 Å². The van der Waals surface area contributed by atoms with Crippen molar-refractivity contribution < 1.29 is 14.3 Å². The molecule has 0 bridgehead atoms. The van der Waals surface area contributed by atoms with E-state index in [1.165, 1.54) is 0 Å². The lowest BCUT2D eigenvalue weighted by molar-refractivity contribution is 0.0276. The number of aromatic amines is 1. The van der Waals surface area contributed by atoms with Gasteiger partial charge in [-0.2, -0.15) is 0 Å². The number of aryl methyl sites for hydroxylation is 1. The Morgan fingerprint density at radius 1 is 1.52 bits per heavy atom. The van der Waals surface area contributed by atoms with Crippen LogP contribution in [0.1, 0.15) is 35.6 Å². The second-order valence-corrected chi connectivity index (χ2v) is 6.33. The maximum absolute atomic E-state index is 12.1. The van der Waals surface area contributed by atoms with Crippen LogP contribution in [0.5, 0.6) is 0 Å². The second kappa shape index (κ2) is 9.39. The third-order valence-electron chi connectivity index (χ3n) is 3.92. The van der Waals surface area contributed by atoms with Crippen molar-refractivity contribution >= 4 is 18.7 Å². The first-order valence-corrected chi connectivity index (χ1v) is 8.61. The molecule has 138 valence electrons. The molecule has 1 fully saturated rings. The van der Waals surface area contributed by atoms with Gasteiger partial charge in [0.15, 0.2) is 0 Å². The van der Waals surface area contributed by atoms with Crippen molar-refractivity contribution in [2.24, 2.45) is 4.99 Å². The Morgan fingerprint density at radius 2 is 2.24 bits per heavy atom. The summed E-state index contributed by atoms with van der Waals surface area (Å²) in [6.07, 6.45) is 1.80. The number of amides is 1. The lowest BCUT2D eigenvalue weighted by atomic mass is 10.2. The zero-order chi connectivity index (χ0) is 18.2. The average molecular weight is 348 g/mol. The zero-order valence-corrected chi connectivity index (χ0v) is 15.3. The Kier molecular flexibility index (Phi) is 7.21. The number of hydrogen-bond donors (Lipinski definition) is 2. The third kappa shape index (κ3) is 6.03. The lowest BCUT2D eigenvalue weighted by Crippen LogP contribution is -2.38. The van der Waals surface area contributed by atoms with Gasteiger partial charge in [0.05, 0.1) is 13.2 Å². The fourth-order valence-corrected chi connectivity index (χ4v) is 2.56. The predicted octanol–water partition coefficient (Wildman–Crippen LogP) is 1.81. The van der Waals surface area contributed by atoms with E-state index in [2.05, 4.69) is 26.9 Å². The molecule has 1 aromatic rings. The van der Waals surface area contributed by atoms with E-state index in [4.69, 9.17) is 9.47 Å². The van der Waals surface area contributed by atoms with Crippen LogP contribution in [0.15, 0.2) is 16.9 Å². The van der Waals surface area contributed by atoms with Gasteiger partial charge in [-0.3, -0.25) is 9.69 Å². The molecule has 0 radical (unpaired) electrons. The van der Waals surface area contributed by atoms with Crippen molar-refractivity contribution in [3.8, 4) is 0 Å². The minimum atomic E-state index is -0.126. The van der Waals surface area contributed by atoms with Crippen molar-refractivity contribution in [3.05, 3.63) is 28.9 Å². The fourth-order valence-electron chi connectivity index (χ4n) is 2.56. The van der Waals surface area contributed by atoms with E-state index in [1.54, 1.807) is 12.1 Å². The number of carbonyl (C=O) groups excluding carboxylic acids is 1. The highest BCUT2D eigenvalue weighted by atomic mass is 16.5. The molecule has 2 N–H and O–H groups in total. The van der Waals surface area contributed by atoms with Crippen LogP contribution in [-0.2, 0) is 9.47 Å². The maximum atomic E-state index is 12.1. The summed E-state index contributed by atoms with van der Waals surface area (Å²) in [6.45, 7) is 14.1. The number of hydrogen-bond acceptors (Lipinski definition) is 5. The summed E-state index contributed by atoms with van der Waals surface area (Å²) in [7, 11) is 0.